The van der Waals surface area contributed by atoms with Crippen LogP contribution in [-0.2, 0) is 0 Å². The topological polar surface area (TPSA) is 21.3 Å². The molecule has 1 N–H and O–H groups in total. The van der Waals surface area contributed by atoms with Crippen LogP contribution in [0.4, 0.5) is 5.69 Å². The zero-order chi connectivity index (χ0) is 11.4. The van der Waals surface area contributed by atoms with E-state index in [0.29, 0.717) is 6.04 Å². The first kappa shape index (κ1) is 11.3. The summed E-state index contributed by atoms with van der Waals surface area (Å²) in [5.41, 5.74) is 2.40. The SMILES string of the molecule is CCOc1cc(C)ccc1NC1CCCC1. The second-order valence-electron chi connectivity index (χ2n) is 4.56. The smallest absolute Gasteiger partial charge is 0.142 e. The molecule has 0 spiro atoms. The highest BCUT2D eigenvalue weighted by Gasteiger charge is 2.16. The fourth-order valence-corrected chi connectivity index (χ4v) is 2.31. The van der Waals surface area contributed by atoms with Gasteiger partial charge < -0.3 is 10.1 Å². The summed E-state index contributed by atoms with van der Waals surface area (Å²) in [6.45, 7) is 4.85. The van der Waals surface area contributed by atoms with Gasteiger partial charge in [0, 0.05) is 6.04 Å². The van der Waals surface area contributed by atoms with Crippen LogP contribution in [-0.4, -0.2) is 12.6 Å². The molecule has 0 bridgehead atoms. The molecule has 0 saturated heterocycles. The highest BCUT2D eigenvalue weighted by atomic mass is 16.5. The molecule has 2 heteroatoms. The zero-order valence-electron chi connectivity index (χ0n) is 10.3. The van der Waals surface area contributed by atoms with Crippen LogP contribution in [0.5, 0.6) is 5.75 Å². The van der Waals surface area contributed by atoms with Crippen molar-refractivity contribution in [2.75, 3.05) is 11.9 Å². The third kappa shape index (κ3) is 2.69. The summed E-state index contributed by atoms with van der Waals surface area (Å²) < 4.78 is 5.67. The summed E-state index contributed by atoms with van der Waals surface area (Å²) in [6, 6.07) is 7.03. The molecule has 0 radical (unpaired) electrons. The predicted octanol–water partition coefficient (Wildman–Crippen LogP) is 3.75. The van der Waals surface area contributed by atoms with E-state index >= 15 is 0 Å². The maximum atomic E-state index is 5.67. The number of hydrogen-bond donors (Lipinski definition) is 1. The van der Waals surface area contributed by atoms with Gasteiger partial charge in [-0.1, -0.05) is 18.9 Å². The van der Waals surface area contributed by atoms with E-state index in [1.807, 2.05) is 6.92 Å². The minimum atomic E-state index is 0.641. The van der Waals surface area contributed by atoms with E-state index in [1.165, 1.54) is 31.2 Å². The third-order valence-electron chi connectivity index (χ3n) is 3.15. The Kier molecular flexibility index (Phi) is 3.70. The van der Waals surface area contributed by atoms with Crippen molar-refractivity contribution >= 4 is 5.69 Å². The normalized spacial score (nSPS) is 16.4. The van der Waals surface area contributed by atoms with Crippen molar-refractivity contribution in [2.45, 2.75) is 45.6 Å². The number of hydrogen-bond acceptors (Lipinski definition) is 2. The van der Waals surface area contributed by atoms with Crippen LogP contribution >= 0.6 is 0 Å². The van der Waals surface area contributed by atoms with E-state index < -0.39 is 0 Å². The molecule has 2 rings (SSSR count). The first-order valence-corrected chi connectivity index (χ1v) is 6.29. The van der Waals surface area contributed by atoms with Gasteiger partial charge in [0.2, 0.25) is 0 Å². The van der Waals surface area contributed by atoms with Crippen LogP contribution in [0.25, 0.3) is 0 Å². The Bertz CT molecular complexity index is 343. The maximum Gasteiger partial charge on any atom is 0.142 e. The monoisotopic (exact) mass is 219 g/mol. The summed E-state index contributed by atoms with van der Waals surface area (Å²) in [5, 5.41) is 3.60. The Balaban J connectivity index is 2.11. The quantitative estimate of drug-likeness (QED) is 0.832. The molecular weight excluding hydrogens is 198 g/mol. The van der Waals surface area contributed by atoms with Crippen molar-refractivity contribution in [3.05, 3.63) is 23.8 Å². The molecule has 1 saturated carbocycles. The lowest BCUT2D eigenvalue weighted by molar-refractivity contribution is 0.341. The Morgan fingerprint density at radius 2 is 2.06 bits per heavy atom. The van der Waals surface area contributed by atoms with E-state index in [4.69, 9.17) is 4.74 Å². The lowest BCUT2D eigenvalue weighted by Crippen LogP contribution is -2.15. The number of nitrogens with one attached hydrogen (secondary N) is 1. The van der Waals surface area contributed by atoms with Gasteiger partial charge in [-0.25, -0.2) is 0 Å². The Morgan fingerprint density at radius 3 is 2.75 bits per heavy atom. The first-order valence-electron chi connectivity index (χ1n) is 6.29. The van der Waals surface area contributed by atoms with E-state index in [-0.39, 0.29) is 0 Å². The zero-order valence-corrected chi connectivity index (χ0v) is 10.3. The van der Waals surface area contributed by atoms with Crippen LogP contribution in [0.15, 0.2) is 18.2 Å². The van der Waals surface area contributed by atoms with Gasteiger partial charge in [0.15, 0.2) is 0 Å². The summed E-state index contributed by atoms with van der Waals surface area (Å²) >= 11 is 0. The van der Waals surface area contributed by atoms with Gasteiger partial charge in [-0.05, 0) is 44.4 Å². The lowest BCUT2D eigenvalue weighted by atomic mass is 10.2. The second kappa shape index (κ2) is 5.24. The molecule has 1 aromatic carbocycles. The van der Waals surface area contributed by atoms with Crippen LogP contribution in [0.3, 0.4) is 0 Å². The minimum absolute atomic E-state index is 0.641. The average molecular weight is 219 g/mol. The van der Waals surface area contributed by atoms with Crippen molar-refractivity contribution in [1.82, 2.24) is 0 Å². The van der Waals surface area contributed by atoms with Gasteiger partial charge in [0.05, 0.1) is 12.3 Å². The van der Waals surface area contributed by atoms with Crippen LogP contribution in [0.2, 0.25) is 0 Å². The molecule has 0 aromatic heterocycles. The highest BCUT2D eigenvalue weighted by molar-refractivity contribution is 5.58. The summed E-state index contributed by atoms with van der Waals surface area (Å²) in [5.74, 6) is 0.995. The minimum Gasteiger partial charge on any atom is -0.492 e. The maximum absolute atomic E-state index is 5.67. The van der Waals surface area contributed by atoms with E-state index in [9.17, 15) is 0 Å². The van der Waals surface area contributed by atoms with Gasteiger partial charge in [0.1, 0.15) is 5.75 Å². The van der Waals surface area contributed by atoms with Crippen LogP contribution < -0.4 is 10.1 Å². The lowest BCUT2D eigenvalue weighted by Gasteiger charge is -2.17. The molecule has 2 nitrogen and oxygen atoms in total. The van der Waals surface area contributed by atoms with Crippen LogP contribution in [0, 0.1) is 6.92 Å². The van der Waals surface area contributed by atoms with Gasteiger partial charge in [0.25, 0.3) is 0 Å². The molecule has 0 unspecified atom stereocenters. The first-order chi connectivity index (χ1) is 7.79. The van der Waals surface area contributed by atoms with E-state index in [2.05, 4.69) is 30.4 Å². The van der Waals surface area contributed by atoms with Crippen molar-refractivity contribution in [3.63, 3.8) is 0 Å². The average Bonchev–Trinajstić information content (AvgIpc) is 2.75. The van der Waals surface area contributed by atoms with Gasteiger partial charge in [-0.2, -0.15) is 0 Å². The Labute approximate surface area is 98.0 Å². The molecule has 88 valence electrons. The molecule has 1 aromatic rings. The second-order valence-corrected chi connectivity index (χ2v) is 4.56. The van der Waals surface area contributed by atoms with Crippen molar-refractivity contribution < 1.29 is 4.74 Å². The van der Waals surface area contributed by atoms with Crippen molar-refractivity contribution in [1.29, 1.82) is 0 Å². The highest BCUT2D eigenvalue weighted by Crippen LogP contribution is 2.29. The number of rotatable bonds is 4. The molecule has 0 heterocycles. The van der Waals surface area contributed by atoms with Gasteiger partial charge in [-0.3, -0.25) is 0 Å². The fourth-order valence-electron chi connectivity index (χ4n) is 2.31. The summed E-state index contributed by atoms with van der Waals surface area (Å²) in [4.78, 5) is 0. The van der Waals surface area contributed by atoms with E-state index in [0.717, 1.165) is 18.0 Å². The summed E-state index contributed by atoms with van der Waals surface area (Å²) in [6.07, 6.45) is 5.29. The number of anilines is 1. The Morgan fingerprint density at radius 1 is 1.31 bits per heavy atom. The van der Waals surface area contributed by atoms with Crippen molar-refractivity contribution in [3.8, 4) is 5.75 Å². The van der Waals surface area contributed by atoms with Gasteiger partial charge in [-0.15, -0.1) is 0 Å². The predicted molar refractivity (Wildman–Crippen MR) is 68.2 cm³/mol. The molecule has 0 aliphatic heterocycles. The molecule has 1 aliphatic carbocycles. The standard InChI is InChI=1S/C14H21NO/c1-3-16-14-10-11(2)8-9-13(14)15-12-6-4-5-7-12/h8-10,12,15H,3-7H2,1-2H3. The fraction of sp³-hybridized carbons (Fsp3) is 0.571. The molecule has 1 fully saturated rings. The van der Waals surface area contributed by atoms with Gasteiger partial charge >= 0.3 is 0 Å². The van der Waals surface area contributed by atoms with E-state index in [1.54, 1.807) is 0 Å². The molecule has 0 atom stereocenters. The Hall–Kier alpha value is -1.18. The largest absolute Gasteiger partial charge is 0.492 e. The van der Waals surface area contributed by atoms with Crippen LogP contribution in [0.1, 0.15) is 38.2 Å². The number of aryl methyl sites for hydroxylation is 1. The number of ether oxygens (including phenoxy) is 1. The molecule has 0 amide bonds. The molecule has 16 heavy (non-hydrogen) atoms. The molecular formula is C14H21NO. The van der Waals surface area contributed by atoms with Crippen molar-refractivity contribution in [2.24, 2.45) is 0 Å². The summed E-state index contributed by atoms with van der Waals surface area (Å²) in [7, 11) is 0. The number of benzene rings is 1. The third-order valence-corrected chi connectivity index (χ3v) is 3.15. The molecule has 1 aliphatic rings.